The van der Waals surface area contributed by atoms with E-state index in [0.717, 1.165) is 0 Å². The Balaban J connectivity index is 1.97. The summed E-state index contributed by atoms with van der Waals surface area (Å²) in [5.74, 6) is 1.59. The fraction of sp³-hybridized carbons (Fsp3) is 0.462. The van der Waals surface area contributed by atoms with E-state index in [4.69, 9.17) is 14.2 Å². The van der Waals surface area contributed by atoms with Crippen LogP contribution in [-0.2, 0) is 9.53 Å². The van der Waals surface area contributed by atoms with Crippen LogP contribution in [0.15, 0.2) is 18.2 Å². The SMILES string of the molecule is COc1ccc(NC(=O)CC2COC2)cc1OC. The molecule has 5 nitrogen and oxygen atoms in total. The first-order valence-corrected chi connectivity index (χ1v) is 5.82. The molecule has 1 fully saturated rings. The number of hydrogen-bond acceptors (Lipinski definition) is 4. The van der Waals surface area contributed by atoms with Crippen molar-refractivity contribution in [3.8, 4) is 11.5 Å². The van der Waals surface area contributed by atoms with E-state index < -0.39 is 0 Å². The van der Waals surface area contributed by atoms with Gasteiger partial charge in [-0.25, -0.2) is 0 Å². The number of ether oxygens (including phenoxy) is 3. The Morgan fingerprint density at radius 2 is 2.06 bits per heavy atom. The molecule has 1 aromatic rings. The van der Waals surface area contributed by atoms with Gasteiger partial charge in [-0.15, -0.1) is 0 Å². The van der Waals surface area contributed by atoms with E-state index in [1.54, 1.807) is 32.4 Å². The summed E-state index contributed by atoms with van der Waals surface area (Å²) in [5.41, 5.74) is 0.706. The molecular formula is C13H17NO4. The van der Waals surface area contributed by atoms with Crippen LogP contribution >= 0.6 is 0 Å². The molecule has 1 saturated heterocycles. The van der Waals surface area contributed by atoms with Gasteiger partial charge >= 0.3 is 0 Å². The van der Waals surface area contributed by atoms with E-state index in [-0.39, 0.29) is 5.91 Å². The van der Waals surface area contributed by atoms with Crippen LogP contribution < -0.4 is 14.8 Å². The van der Waals surface area contributed by atoms with Crippen LogP contribution in [0.25, 0.3) is 0 Å². The van der Waals surface area contributed by atoms with Crippen LogP contribution in [0.5, 0.6) is 11.5 Å². The largest absolute Gasteiger partial charge is 0.493 e. The van der Waals surface area contributed by atoms with Crippen molar-refractivity contribution in [3.63, 3.8) is 0 Å². The van der Waals surface area contributed by atoms with Crippen molar-refractivity contribution in [1.82, 2.24) is 0 Å². The number of carbonyl (C=O) groups is 1. The zero-order valence-corrected chi connectivity index (χ0v) is 10.6. The number of benzene rings is 1. The third-order valence-electron chi connectivity index (χ3n) is 2.85. The normalized spacial score (nSPS) is 14.8. The zero-order valence-electron chi connectivity index (χ0n) is 10.6. The summed E-state index contributed by atoms with van der Waals surface area (Å²) >= 11 is 0. The maximum absolute atomic E-state index is 11.7. The van der Waals surface area contributed by atoms with Crippen molar-refractivity contribution in [2.75, 3.05) is 32.8 Å². The predicted molar refractivity (Wildman–Crippen MR) is 67.1 cm³/mol. The summed E-state index contributed by atoms with van der Waals surface area (Å²) < 4.78 is 15.3. The van der Waals surface area contributed by atoms with Gasteiger partial charge in [0.25, 0.3) is 0 Å². The number of anilines is 1. The molecule has 0 saturated carbocycles. The Bertz CT molecular complexity index is 429. The molecule has 1 amide bonds. The summed E-state index contributed by atoms with van der Waals surface area (Å²) in [7, 11) is 3.14. The first kappa shape index (κ1) is 12.7. The molecule has 0 unspecified atom stereocenters. The number of carbonyl (C=O) groups excluding carboxylic acids is 1. The number of amides is 1. The lowest BCUT2D eigenvalue weighted by atomic mass is 10.0. The first-order chi connectivity index (χ1) is 8.72. The summed E-state index contributed by atoms with van der Waals surface area (Å²) in [4.78, 5) is 11.7. The average Bonchev–Trinajstić information content (AvgIpc) is 2.33. The molecule has 0 aromatic heterocycles. The van der Waals surface area contributed by atoms with Gasteiger partial charge < -0.3 is 19.5 Å². The standard InChI is InChI=1S/C13H17NO4/c1-16-11-4-3-10(6-12(11)17-2)14-13(15)5-9-7-18-8-9/h3-4,6,9H,5,7-8H2,1-2H3,(H,14,15). The minimum Gasteiger partial charge on any atom is -0.493 e. The molecule has 18 heavy (non-hydrogen) atoms. The highest BCUT2D eigenvalue weighted by molar-refractivity contribution is 5.91. The summed E-state index contributed by atoms with van der Waals surface area (Å²) in [6.45, 7) is 1.36. The molecular weight excluding hydrogens is 234 g/mol. The van der Waals surface area contributed by atoms with E-state index in [1.165, 1.54) is 0 Å². The van der Waals surface area contributed by atoms with Gasteiger partial charge in [-0.2, -0.15) is 0 Å². The molecule has 0 atom stereocenters. The lowest BCUT2D eigenvalue weighted by molar-refractivity contribution is -0.121. The van der Waals surface area contributed by atoms with Crippen molar-refractivity contribution in [3.05, 3.63) is 18.2 Å². The van der Waals surface area contributed by atoms with Crippen LogP contribution in [-0.4, -0.2) is 33.3 Å². The molecule has 0 radical (unpaired) electrons. The van der Waals surface area contributed by atoms with Gasteiger partial charge in [0.05, 0.1) is 27.4 Å². The Morgan fingerprint density at radius 3 is 2.61 bits per heavy atom. The highest BCUT2D eigenvalue weighted by Gasteiger charge is 2.21. The van der Waals surface area contributed by atoms with Gasteiger partial charge in [-0.1, -0.05) is 0 Å². The van der Waals surface area contributed by atoms with E-state index >= 15 is 0 Å². The van der Waals surface area contributed by atoms with Gasteiger partial charge in [0.15, 0.2) is 11.5 Å². The van der Waals surface area contributed by atoms with Crippen molar-refractivity contribution >= 4 is 11.6 Å². The Kier molecular flexibility index (Phi) is 4.04. The molecule has 0 aliphatic carbocycles. The highest BCUT2D eigenvalue weighted by Crippen LogP contribution is 2.29. The second-order valence-corrected chi connectivity index (χ2v) is 4.23. The van der Waals surface area contributed by atoms with Crippen molar-refractivity contribution in [2.24, 2.45) is 5.92 Å². The van der Waals surface area contributed by atoms with Crippen LogP contribution in [0.4, 0.5) is 5.69 Å². The van der Waals surface area contributed by atoms with Gasteiger partial charge in [0, 0.05) is 24.1 Å². The molecule has 1 heterocycles. The van der Waals surface area contributed by atoms with Crippen LogP contribution in [0.1, 0.15) is 6.42 Å². The molecule has 98 valence electrons. The van der Waals surface area contributed by atoms with Gasteiger partial charge in [0.1, 0.15) is 0 Å². The van der Waals surface area contributed by atoms with Gasteiger partial charge in [-0.05, 0) is 12.1 Å². The number of rotatable bonds is 5. The molecule has 1 aromatic carbocycles. The Morgan fingerprint density at radius 1 is 1.33 bits per heavy atom. The van der Waals surface area contributed by atoms with Crippen molar-refractivity contribution in [2.45, 2.75) is 6.42 Å². The number of methoxy groups -OCH3 is 2. The van der Waals surface area contributed by atoms with Crippen LogP contribution in [0.3, 0.4) is 0 Å². The smallest absolute Gasteiger partial charge is 0.224 e. The molecule has 0 bridgehead atoms. The Labute approximate surface area is 106 Å². The average molecular weight is 251 g/mol. The molecule has 5 heteroatoms. The Hall–Kier alpha value is -1.75. The third-order valence-corrected chi connectivity index (χ3v) is 2.85. The lowest BCUT2D eigenvalue weighted by Crippen LogP contribution is -2.31. The lowest BCUT2D eigenvalue weighted by Gasteiger charge is -2.25. The fourth-order valence-corrected chi connectivity index (χ4v) is 1.79. The molecule has 1 aliphatic rings. The fourth-order valence-electron chi connectivity index (χ4n) is 1.79. The summed E-state index contributed by atoms with van der Waals surface area (Å²) in [6.07, 6.45) is 0.494. The van der Waals surface area contributed by atoms with E-state index in [0.29, 0.717) is 42.7 Å². The van der Waals surface area contributed by atoms with Crippen molar-refractivity contribution in [1.29, 1.82) is 0 Å². The first-order valence-electron chi connectivity index (χ1n) is 5.82. The summed E-state index contributed by atoms with van der Waals surface area (Å²) in [5, 5.41) is 2.84. The molecule has 2 rings (SSSR count). The van der Waals surface area contributed by atoms with Gasteiger partial charge in [-0.3, -0.25) is 4.79 Å². The number of hydrogen-bond donors (Lipinski definition) is 1. The van der Waals surface area contributed by atoms with E-state index in [1.807, 2.05) is 0 Å². The topological polar surface area (TPSA) is 56.8 Å². The number of nitrogens with one attached hydrogen (secondary N) is 1. The maximum Gasteiger partial charge on any atom is 0.224 e. The van der Waals surface area contributed by atoms with Gasteiger partial charge in [0.2, 0.25) is 5.91 Å². The molecule has 0 spiro atoms. The second kappa shape index (κ2) is 5.73. The third kappa shape index (κ3) is 2.92. The predicted octanol–water partition coefficient (Wildman–Crippen LogP) is 1.68. The zero-order chi connectivity index (χ0) is 13.0. The van der Waals surface area contributed by atoms with E-state index in [2.05, 4.69) is 5.32 Å². The minimum absolute atomic E-state index is 0.00415. The highest BCUT2D eigenvalue weighted by atomic mass is 16.5. The molecule has 1 N–H and O–H groups in total. The molecule has 1 aliphatic heterocycles. The van der Waals surface area contributed by atoms with Crippen LogP contribution in [0, 0.1) is 5.92 Å². The quantitative estimate of drug-likeness (QED) is 0.865. The second-order valence-electron chi connectivity index (χ2n) is 4.23. The van der Waals surface area contributed by atoms with E-state index in [9.17, 15) is 4.79 Å². The summed E-state index contributed by atoms with van der Waals surface area (Å²) in [6, 6.07) is 5.30. The monoisotopic (exact) mass is 251 g/mol. The maximum atomic E-state index is 11.7. The van der Waals surface area contributed by atoms with Crippen molar-refractivity contribution < 1.29 is 19.0 Å². The van der Waals surface area contributed by atoms with Crippen LogP contribution in [0.2, 0.25) is 0 Å². The minimum atomic E-state index is -0.00415.